The van der Waals surface area contributed by atoms with Gasteiger partial charge in [0.05, 0.1) is 11.4 Å². The summed E-state index contributed by atoms with van der Waals surface area (Å²) in [6.07, 6.45) is 3.98. The van der Waals surface area contributed by atoms with Crippen molar-refractivity contribution >= 4 is 43.5 Å². The number of carbonyl (C=O) groups is 2. The molecule has 38 heavy (non-hydrogen) atoms. The van der Waals surface area contributed by atoms with Crippen LogP contribution in [0.3, 0.4) is 0 Å². The predicted octanol–water partition coefficient (Wildman–Crippen LogP) is 3.85. The molecule has 2 amide bonds. The largest absolute Gasteiger partial charge is 0.486 e. The molecule has 11 heteroatoms. The minimum atomic E-state index is -3.83. The maximum Gasteiger partial charge on any atom is 0.244 e. The van der Waals surface area contributed by atoms with Crippen molar-refractivity contribution in [2.75, 3.05) is 29.8 Å². The van der Waals surface area contributed by atoms with Gasteiger partial charge in [0.2, 0.25) is 21.8 Å². The van der Waals surface area contributed by atoms with Crippen LogP contribution in [0.25, 0.3) is 0 Å². The van der Waals surface area contributed by atoms with Gasteiger partial charge in [0.25, 0.3) is 0 Å². The highest BCUT2D eigenvalue weighted by molar-refractivity contribution is 9.10. The molecule has 0 bridgehead atoms. The van der Waals surface area contributed by atoms with Crippen molar-refractivity contribution < 1.29 is 27.5 Å². The standard InChI is InChI=1S/C27H34BrN3O6S/c1-3-38(34,35)31(23-11-12-24-25(16-23)37-14-13-36-24)18-26(32)30(17-20-7-6-8-21(28)15-20)19(2)27(33)29-22-9-4-5-10-22/h6-8,11-12,15-16,19,22H,3-5,9-10,13-14,17-18H2,1-2H3,(H,29,33)/t19-/m1/s1. The van der Waals surface area contributed by atoms with Gasteiger partial charge >= 0.3 is 0 Å². The lowest BCUT2D eigenvalue weighted by atomic mass is 10.1. The molecule has 4 rings (SSSR count). The van der Waals surface area contributed by atoms with E-state index in [-0.39, 0.29) is 24.2 Å². The topological polar surface area (TPSA) is 105 Å². The van der Waals surface area contributed by atoms with Gasteiger partial charge in [-0.3, -0.25) is 13.9 Å². The van der Waals surface area contributed by atoms with Crippen LogP contribution in [-0.4, -0.2) is 62.7 Å². The van der Waals surface area contributed by atoms with E-state index in [0.29, 0.717) is 30.4 Å². The van der Waals surface area contributed by atoms with E-state index in [1.807, 2.05) is 24.3 Å². The van der Waals surface area contributed by atoms with Crippen molar-refractivity contribution in [1.29, 1.82) is 0 Å². The van der Waals surface area contributed by atoms with E-state index >= 15 is 0 Å². The smallest absolute Gasteiger partial charge is 0.244 e. The number of anilines is 1. The lowest BCUT2D eigenvalue weighted by Crippen LogP contribution is -2.52. The highest BCUT2D eigenvalue weighted by atomic mass is 79.9. The van der Waals surface area contributed by atoms with Crippen molar-refractivity contribution in [2.24, 2.45) is 0 Å². The summed E-state index contributed by atoms with van der Waals surface area (Å²) in [5.74, 6) is 0.0230. The molecule has 0 saturated heterocycles. The number of benzene rings is 2. The SMILES string of the molecule is CCS(=O)(=O)N(CC(=O)N(Cc1cccc(Br)c1)[C@H](C)C(=O)NC1CCCC1)c1ccc2c(c1)OCCO2. The van der Waals surface area contributed by atoms with Gasteiger partial charge in [0.15, 0.2) is 11.5 Å². The molecule has 206 valence electrons. The number of fused-ring (bicyclic) bond motifs is 1. The average molecular weight is 609 g/mol. The fraction of sp³-hybridized carbons (Fsp3) is 0.481. The molecule has 2 aromatic rings. The second-order valence-electron chi connectivity index (χ2n) is 9.55. The Bertz CT molecular complexity index is 1270. The van der Waals surface area contributed by atoms with Gasteiger partial charge in [-0.15, -0.1) is 0 Å². The van der Waals surface area contributed by atoms with Crippen molar-refractivity contribution in [3.63, 3.8) is 0 Å². The summed E-state index contributed by atoms with van der Waals surface area (Å²) in [6.45, 7) is 3.67. The normalized spacial score (nSPS) is 16.1. The van der Waals surface area contributed by atoms with E-state index in [2.05, 4.69) is 21.2 Å². The van der Waals surface area contributed by atoms with E-state index in [0.717, 1.165) is 40.0 Å². The first-order valence-corrected chi connectivity index (χ1v) is 15.3. The van der Waals surface area contributed by atoms with E-state index < -0.39 is 28.5 Å². The van der Waals surface area contributed by atoms with Gasteiger partial charge in [-0.2, -0.15) is 0 Å². The number of sulfonamides is 1. The number of carbonyl (C=O) groups excluding carboxylic acids is 2. The summed E-state index contributed by atoms with van der Waals surface area (Å²) < 4.78 is 39.5. The zero-order valence-corrected chi connectivity index (χ0v) is 24.1. The van der Waals surface area contributed by atoms with Crippen LogP contribution in [0, 0.1) is 0 Å². The highest BCUT2D eigenvalue weighted by Gasteiger charge is 2.32. The fourth-order valence-electron chi connectivity index (χ4n) is 4.71. The maximum absolute atomic E-state index is 13.8. The summed E-state index contributed by atoms with van der Waals surface area (Å²) in [5.41, 5.74) is 1.12. The summed E-state index contributed by atoms with van der Waals surface area (Å²) in [7, 11) is -3.83. The average Bonchev–Trinajstić information content (AvgIpc) is 3.42. The Labute approximate surface area is 232 Å². The third-order valence-corrected chi connectivity index (χ3v) is 9.14. The first-order valence-electron chi connectivity index (χ1n) is 12.9. The molecule has 1 saturated carbocycles. The fourth-order valence-corrected chi connectivity index (χ4v) is 6.21. The van der Waals surface area contributed by atoms with Crippen LogP contribution in [0.4, 0.5) is 5.69 Å². The van der Waals surface area contributed by atoms with Crippen LogP contribution < -0.4 is 19.1 Å². The number of ether oxygens (including phenoxy) is 2. The summed E-state index contributed by atoms with van der Waals surface area (Å²) in [6, 6.07) is 11.6. The monoisotopic (exact) mass is 607 g/mol. The van der Waals surface area contributed by atoms with Gasteiger partial charge in [-0.05, 0) is 56.5 Å². The van der Waals surface area contributed by atoms with Crippen LogP contribution in [0.5, 0.6) is 11.5 Å². The van der Waals surface area contributed by atoms with E-state index in [1.165, 1.54) is 11.8 Å². The Morgan fingerprint density at radius 2 is 1.79 bits per heavy atom. The third-order valence-electron chi connectivity index (χ3n) is 6.90. The molecular formula is C27H34BrN3O6S. The Kier molecular flexibility index (Phi) is 9.19. The number of hydrogen-bond donors (Lipinski definition) is 1. The van der Waals surface area contributed by atoms with Crippen molar-refractivity contribution in [1.82, 2.24) is 10.2 Å². The predicted molar refractivity (Wildman–Crippen MR) is 149 cm³/mol. The molecule has 2 aliphatic rings. The number of hydrogen-bond acceptors (Lipinski definition) is 6. The van der Waals surface area contributed by atoms with Gasteiger partial charge in [0.1, 0.15) is 25.8 Å². The van der Waals surface area contributed by atoms with Crippen LogP contribution in [-0.2, 0) is 26.2 Å². The zero-order chi connectivity index (χ0) is 27.3. The molecule has 1 heterocycles. The highest BCUT2D eigenvalue weighted by Crippen LogP contribution is 2.35. The lowest BCUT2D eigenvalue weighted by molar-refractivity contribution is -0.139. The number of nitrogens with one attached hydrogen (secondary N) is 1. The number of nitrogens with zero attached hydrogens (tertiary/aromatic N) is 2. The van der Waals surface area contributed by atoms with Crippen molar-refractivity contribution in [2.45, 2.75) is 58.2 Å². The maximum atomic E-state index is 13.8. The first kappa shape index (κ1) is 28.2. The Hall–Kier alpha value is -2.79. The summed E-state index contributed by atoms with van der Waals surface area (Å²) >= 11 is 3.46. The van der Waals surface area contributed by atoms with Crippen LogP contribution in [0.2, 0.25) is 0 Å². The lowest BCUT2D eigenvalue weighted by Gasteiger charge is -2.32. The van der Waals surface area contributed by atoms with E-state index in [9.17, 15) is 18.0 Å². The Morgan fingerprint density at radius 3 is 2.47 bits per heavy atom. The third kappa shape index (κ3) is 6.79. The molecule has 0 radical (unpaired) electrons. The van der Waals surface area contributed by atoms with Gasteiger partial charge in [0, 0.05) is 23.1 Å². The molecule has 1 N–H and O–H groups in total. The van der Waals surface area contributed by atoms with Gasteiger partial charge in [-0.25, -0.2) is 8.42 Å². The van der Waals surface area contributed by atoms with E-state index in [1.54, 1.807) is 25.1 Å². The molecule has 2 aromatic carbocycles. The van der Waals surface area contributed by atoms with Crippen molar-refractivity contribution in [3.05, 3.63) is 52.5 Å². The Balaban J connectivity index is 1.62. The molecule has 1 fully saturated rings. The van der Waals surface area contributed by atoms with Crippen LogP contribution >= 0.6 is 15.9 Å². The van der Waals surface area contributed by atoms with Gasteiger partial charge in [-0.1, -0.05) is 40.9 Å². The zero-order valence-electron chi connectivity index (χ0n) is 21.7. The second kappa shape index (κ2) is 12.4. The summed E-state index contributed by atoms with van der Waals surface area (Å²) in [5, 5.41) is 3.07. The number of rotatable bonds is 10. The van der Waals surface area contributed by atoms with E-state index in [4.69, 9.17) is 9.47 Å². The summed E-state index contributed by atoms with van der Waals surface area (Å²) in [4.78, 5) is 28.5. The molecule has 0 spiro atoms. The van der Waals surface area contributed by atoms with Crippen molar-refractivity contribution in [3.8, 4) is 11.5 Å². The Morgan fingerprint density at radius 1 is 1.08 bits per heavy atom. The van der Waals surface area contributed by atoms with Crippen LogP contribution in [0.1, 0.15) is 45.1 Å². The molecule has 0 aromatic heterocycles. The number of amides is 2. The minimum absolute atomic E-state index is 0.0995. The molecule has 1 atom stereocenters. The second-order valence-corrected chi connectivity index (χ2v) is 12.7. The molecule has 1 aliphatic carbocycles. The first-order chi connectivity index (χ1) is 18.2. The molecule has 0 unspecified atom stereocenters. The quantitative estimate of drug-likeness (QED) is 0.440. The molecular weight excluding hydrogens is 574 g/mol. The minimum Gasteiger partial charge on any atom is -0.486 e. The number of halogens is 1. The molecule has 1 aliphatic heterocycles. The molecule has 9 nitrogen and oxygen atoms in total. The van der Waals surface area contributed by atoms with Crippen LogP contribution in [0.15, 0.2) is 46.9 Å². The van der Waals surface area contributed by atoms with Gasteiger partial charge < -0.3 is 19.7 Å².